The van der Waals surface area contributed by atoms with Crippen LogP contribution >= 0.6 is 11.8 Å². The fourth-order valence-corrected chi connectivity index (χ4v) is 4.90. The second-order valence-corrected chi connectivity index (χ2v) is 8.48. The van der Waals surface area contributed by atoms with Crippen LogP contribution in [0.25, 0.3) is 5.70 Å². The zero-order chi connectivity index (χ0) is 21.3. The molecule has 1 aromatic carbocycles. The molecule has 2 aliphatic heterocycles. The van der Waals surface area contributed by atoms with Crippen molar-refractivity contribution in [3.63, 3.8) is 0 Å². The summed E-state index contributed by atoms with van der Waals surface area (Å²) in [6.45, 7) is 4.01. The summed E-state index contributed by atoms with van der Waals surface area (Å²) >= 11 is 1.63. The van der Waals surface area contributed by atoms with Crippen molar-refractivity contribution in [2.24, 2.45) is 0 Å². The number of fused-ring (bicyclic) bond motifs is 1. The molecule has 0 radical (unpaired) electrons. The van der Waals surface area contributed by atoms with Gasteiger partial charge in [0.2, 0.25) is 5.91 Å². The number of aromatic nitrogens is 2. The number of β-lactam (4-membered cyclic amide) rings is 1. The van der Waals surface area contributed by atoms with Gasteiger partial charge in [-0.25, -0.2) is 0 Å². The molecule has 2 aliphatic rings. The summed E-state index contributed by atoms with van der Waals surface area (Å²) in [5.74, 6) is 2.15. The van der Waals surface area contributed by atoms with Crippen LogP contribution in [0, 0.1) is 0 Å². The molecule has 8 nitrogen and oxygen atoms in total. The van der Waals surface area contributed by atoms with Crippen LogP contribution in [-0.4, -0.2) is 51.1 Å². The van der Waals surface area contributed by atoms with Crippen LogP contribution in [-0.2, 0) is 22.4 Å². The van der Waals surface area contributed by atoms with Gasteiger partial charge in [0.25, 0.3) is 11.8 Å². The predicted molar refractivity (Wildman–Crippen MR) is 113 cm³/mol. The first kappa shape index (κ1) is 20.5. The van der Waals surface area contributed by atoms with Gasteiger partial charge in [0, 0.05) is 12.2 Å². The predicted octanol–water partition coefficient (Wildman–Crippen LogP) is 2.40. The van der Waals surface area contributed by atoms with Gasteiger partial charge in [0.1, 0.15) is 22.9 Å². The summed E-state index contributed by atoms with van der Waals surface area (Å²) in [5, 5.41) is 6.72. The zero-order valence-electron chi connectivity index (χ0n) is 17.2. The van der Waals surface area contributed by atoms with Gasteiger partial charge < -0.3 is 14.6 Å². The Hall–Kier alpha value is -2.81. The third-order valence-electron chi connectivity index (χ3n) is 5.14. The number of benzene rings is 1. The highest BCUT2D eigenvalue weighted by Gasteiger charge is 2.53. The lowest BCUT2D eigenvalue weighted by molar-refractivity contribution is -0.143. The number of hydrogen-bond acceptors (Lipinski definition) is 7. The molecule has 30 heavy (non-hydrogen) atoms. The highest BCUT2D eigenvalue weighted by Crippen LogP contribution is 2.43. The molecule has 4 rings (SSSR count). The molecule has 2 atom stereocenters. The first-order valence-corrected chi connectivity index (χ1v) is 11.0. The number of nitrogens with zero attached hydrogens (tertiary/aromatic N) is 3. The van der Waals surface area contributed by atoms with E-state index < -0.39 is 6.04 Å². The minimum Gasteiger partial charge on any atom is -0.497 e. The molecule has 1 N–H and O–H groups in total. The van der Waals surface area contributed by atoms with E-state index in [4.69, 9.17) is 9.26 Å². The minimum atomic E-state index is -0.554. The van der Waals surface area contributed by atoms with Gasteiger partial charge in [-0.3, -0.25) is 14.5 Å². The van der Waals surface area contributed by atoms with E-state index in [9.17, 15) is 9.59 Å². The molecular weight excluding hydrogens is 404 g/mol. The number of hydrogen-bond donors (Lipinski definition) is 1. The average molecular weight is 429 g/mol. The molecule has 0 spiro atoms. The van der Waals surface area contributed by atoms with E-state index in [1.807, 2.05) is 38.1 Å². The van der Waals surface area contributed by atoms with Crippen molar-refractivity contribution in [2.45, 2.75) is 44.5 Å². The lowest BCUT2D eigenvalue weighted by Gasteiger charge is -2.49. The maximum atomic E-state index is 12.9. The number of aryl methyl sites for hydroxylation is 1. The molecule has 2 amide bonds. The van der Waals surface area contributed by atoms with Gasteiger partial charge in [-0.2, -0.15) is 4.98 Å². The number of carbonyl (C=O) groups is 2. The second-order valence-electron chi connectivity index (χ2n) is 7.37. The number of amides is 2. The normalized spacial score (nSPS) is 20.6. The molecule has 2 unspecified atom stereocenters. The van der Waals surface area contributed by atoms with E-state index in [1.54, 1.807) is 23.8 Å². The third kappa shape index (κ3) is 3.81. The molecule has 3 heterocycles. The Morgan fingerprint density at radius 3 is 2.83 bits per heavy atom. The lowest BCUT2D eigenvalue weighted by atomic mass is 10.0. The van der Waals surface area contributed by atoms with Crippen molar-refractivity contribution in [1.82, 2.24) is 20.4 Å². The molecule has 0 bridgehead atoms. The smallest absolute Gasteiger partial charge is 0.274 e. The van der Waals surface area contributed by atoms with Gasteiger partial charge in [0.15, 0.2) is 5.82 Å². The van der Waals surface area contributed by atoms with Crippen LogP contribution in [0.5, 0.6) is 5.75 Å². The number of carbonyl (C=O) groups excluding carboxylic acids is 2. The van der Waals surface area contributed by atoms with E-state index >= 15 is 0 Å². The number of nitrogens with one attached hydrogen (secondary N) is 1. The van der Waals surface area contributed by atoms with Gasteiger partial charge in [0.05, 0.1) is 13.5 Å². The first-order chi connectivity index (χ1) is 14.5. The molecule has 0 aliphatic carbocycles. The topological polar surface area (TPSA) is 97.6 Å². The molecule has 1 aromatic heterocycles. The van der Waals surface area contributed by atoms with E-state index in [2.05, 4.69) is 15.5 Å². The Kier molecular flexibility index (Phi) is 5.80. The Labute approximate surface area is 179 Å². The highest BCUT2D eigenvalue weighted by atomic mass is 32.2. The summed E-state index contributed by atoms with van der Waals surface area (Å²) in [7, 11) is 1.60. The first-order valence-electron chi connectivity index (χ1n) is 9.91. The SMILES string of the molecule is CCCc1noc(C2=C(C)CSC3C(NC(=O)Cc4ccc(OC)cc4)C(=O)N23)n1. The second kappa shape index (κ2) is 8.51. The molecule has 2 aromatic rings. The lowest BCUT2D eigenvalue weighted by Crippen LogP contribution is -2.69. The quantitative estimate of drug-likeness (QED) is 0.676. The fourth-order valence-electron chi connectivity index (χ4n) is 3.60. The molecule has 158 valence electrons. The molecule has 1 saturated heterocycles. The average Bonchev–Trinajstić information content (AvgIpc) is 3.21. The standard InChI is InChI=1S/C21H24N4O4S/c1-4-5-15-22-19(29-24-15)18-12(2)11-30-21-17(20(27)25(18)21)23-16(26)10-13-6-8-14(28-3)9-7-13/h6-9,17,21H,4-5,10-11H2,1-3H3,(H,23,26). The third-order valence-corrected chi connectivity index (χ3v) is 6.57. The fraction of sp³-hybridized carbons (Fsp3) is 0.429. The molecule has 0 saturated carbocycles. The molecule has 9 heteroatoms. The summed E-state index contributed by atoms with van der Waals surface area (Å²) in [4.78, 5) is 31.5. The number of ether oxygens (including phenoxy) is 1. The number of methoxy groups -OCH3 is 1. The van der Waals surface area contributed by atoms with Crippen LogP contribution in [0.1, 0.15) is 37.5 Å². The summed E-state index contributed by atoms with van der Waals surface area (Å²) in [6.07, 6.45) is 1.85. The minimum absolute atomic E-state index is 0.153. The van der Waals surface area contributed by atoms with Crippen LogP contribution in [0.3, 0.4) is 0 Å². The van der Waals surface area contributed by atoms with Crippen molar-refractivity contribution in [3.8, 4) is 5.75 Å². The van der Waals surface area contributed by atoms with Crippen molar-refractivity contribution in [1.29, 1.82) is 0 Å². The van der Waals surface area contributed by atoms with E-state index in [-0.39, 0.29) is 23.6 Å². The van der Waals surface area contributed by atoms with Gasteiger partial charge in [-0.05, 0) is 36.6 Å². The summed E-state index contributed by atoms with van der Waals surface area (Å²) < 4.78 is 10.6. The van der Waals surface area contributed by atoms with E-state index in [0.29, 0.717) is 17.4 Å². The Bertz CT molecular complexity index is 985. The highest BCUT2D eigenvalue weighted by molar-refractivity contribution is 8.00. The Morgan fingerprint density at radius 2 is 2.13 bits per heavy atom. The maximum Gasteiger partial charge on any atom is 0.274 e. The van der Waals surface area contributed by atoms with Crippen LogP contribution in [0.15, 0.2) is 34.4 Å². The monoisotopic (exact) mass is 428 g/mol. The number of rotatable bonds is 7. The summed E-state index contributed by atoms with van der Waals surface area (Å²) in [5.41, 5.74) is 2.55. The van der Waals surface area contributed by atoms with E-state index in [1.165, 1.54) is 0 Å². The van der Waals surface area contributed by atoms with Gasteiger partial charge in [-0.1, -0.05) is 24.2 Å². The molecular formula is C21H24N4O4S. The van der Waals surface area contributed by atoms with Gasteiger partial charge >= 0.3 is 0 Å². The van der Waals surface area contributed by atoms with Crippen molar-refractivity contribution < 1.29 is 18.8 Å². The van der Waals surface area contributed by atoms with Crippen molar-refractivity contribution in [3.05, 3.63) is 47.1 Å². The largest absolute Gasteiger partial charge is 0.497 e. The summed E-state index contributed by atoms with van der Waals surface area (Å²) in [6, 6.07) is 6.76. The van der Waals surface area contributed by atoms with Crippen LogP contribution in [0.2, 0.25) is 0 Å². The van der Waals surface area contributed by atoms with Crippen LogP contribution < -0.4 is 10.1 Å². The molecule has 1 fully saturated rings. The Balaban J connectivity index is 1.43. The zero-order valence-corrected chi connectivity index (χ0v) is 18.0. The van der Waals surface area contributed by atoms with Gasteiger partial charge in [-0.15, -0.1) is 11.8 Å². The van der Waals surface area contributed by atoms with Crippen molar-refractivity contribution in [2.75, 3.05) is 12.9 Å². The Morgan fingerprint density at radius 1 is 1.37 bits per heavy atom. The number of thioether (sulfide) groups is 1. The van der Waals surface area contributed by atoms with E-state index in [0.717, 1.165) is 35.5 Å². The van der Waals surface area contributed by atoms with Crippen molar-refractivity contribution >= 4 is 29.3 Å². The maximum absolute atomic E-state index is 12.9. The van der Waals surface area contributed by atoms with Crippen LogP contribution in [0.4, 0.5) is 0 Å².